The third kappa shape index (κ3) is 18.8. The van der Waals surface area contributed by atoms with Crippen molar-refractivity contribution in [1.82, 2.24) is 55.1 Å². The number of rotatable bonds is 10. The number of hydrogen-bond donors (Lipinski definition) is 3. The van der Waals surface area contributed by atoms with Crippen LogP contribution in [0.1, 0.15) is 147 Å². The van der Waals surface area contributed by atoms with Crippen LogP contribution in [-0.2, 0) is 71.8 Å². The van der Waals surface area contributed by atoms with E-state index < -0.39 is 155 Å². The lowest BCUT2D eigenvalue weighted by Gasteiger charge is -2.41. The van der Waals surface area contributed by atoms with E-state index in [0.717, 1.165) is 45.2 Å². The molecule has 2 aromatic rings. The third-order valence-electron chi connectivity index (χ3n) is 19.7. The van der Waals surface area contributed by atoms with Gasteiger partial charge in [-0.3, -0.25) is 52.7 Å². The van der Waals surface area contributed by atoms with Crippen LogP contribution in [0, 0.1) is 24.7 Å². The minimum Gasteiger partial charge on any atom is -0.343 e. The van der Waals surface area contributed by atoms with Gasteiger partial charge in [-0.15, -0.1) is 0 Å². The summed E-state index contributed by atoms with van der Waals surface area (Å²) in [5.74, 6) is -7.63. The van der Waals surface area contributed by atoms with E-state index in [0.29, 0.717) is 49.7 Å². The molecule has 2 aromatic carbocycles. The number of aryl methyl sites for hydroxylation is 2. The van der Waals surface area contributed by atoms with Gasteiger partial charge in [0.25, 0.3) is 0 Å². The van der Waals surface area contributed by atoms with Crippen LogP contribution in [0.5, 0.6) is 0 Å². The molecule has 3 N–H and O–H groups in total. The van der Waals surface area contributed by atoms with E-state index in [2.05, 4.69) is 16.0 Å². The standard InChI is InChI=1S/C68H99ClF3N11O11/c1-14-43(5)58-64(92)78(9)39-56(86)76(7)40-57(87)81(12)53(37-46-25-23-42(4)24-26-46)63(91)77(8)38-54(84)73-50(30-28-45-27-29-48(49(69)36-45)68(70,71)72)62(90)83-33-19-22-51(83)61(89)75-67(31-17-18-32-67)66(94)82(13)59(47-20-15-16-21-47)65(93)79(10)44(6)35-55(85)80(11)52(34-41(2)3)60(88)74-58/h23-27,29,36,41,43-44,47,50-53,58-59H,14-22,28,30-35,37-40H2,1-13H3,(H,73,84)(H,74,88)(H,75,89)/t43-,44+,50-,51-,52-,53-,58-,59-/m0/s1. The number of alkyl halides is 3. The van der Waals surface area contributed by atoms with Gasteiger partial charge in [0.05, 0.1) is 30.2 Å². The summed E-state index contributed by atoms with van der Waals surface area (Å²) in [4.78, 5) is 171. The Morgan fingerprint density at radius 3 is 1.83 bits per heavy atom. The zero-order chi connectivity index (χ0) is 69.8. The Labute approximate surface area is 556 Å². The lowest BCUT2D eigenvalue weighted by Crippen LogP contribution is -2.64. The number of hydrogen-bond acceptors (Lipinski definition) is 11. The molecule has 94 heavy (non-hydrogen) atoms. The number of nitrogens with one attached hydrogen (secondary N) is 3. The van der Waals surface area contributed by atoms with Crippen molar-refractivity contribution in [3.05, 3.63) is 69.7 Å². The van der Waals surface area contributed by atoms with Gasteiger partial charge in [-0.05, 0) is 113 Å². The van der Waals surface area contributed by atoms with Crippen LogP contribution in [0.25, 0.3) is 0 Å². The van der Waals surface area contributed by atoms with Crippen molar-refractivity contribution in [2.45, 2.75) is 198 Å². The van der Waals surface area contributed by atoms with E-state index in [1.54, 1.807) is 40.1 Å². The van der Waals surface area contributed by atoms with Gasteiger partial charge in [0.15, 0.2) is 0 Å². The maximum atomic E-state index is 15.4. The van der Waals surface area contributed by atoms with E-state index in [-0.39, 0.29) is 69.7 Å². The molecular weight excluding hydrogens is 1240 g/mol. The second kappa shape index (κ2) is 32.9. The first-order chi connectivity index (χ1) is 44.1. The number of nitrogens with zero attached hydrogens (tertiary/aromatic N) is 8. The van der Waals surface area contributed by atoms with Gasteiger partial charge in [-0.1, -0.05) is 107 Å². The molecule has 2 saturated heterocycles. The van der Waals surface area contributed by atoms with Gasteiger partial charge in [0.2, 0.25) is 65.0 Å². The molecule has 2 aliphatic carbocycles. The lowest BCUT2D eigenvalue weighted by atomic mass is 9.90. The van der Waals surface area contributed by atoms with Crippen LogP contribution >= 0.6 is 11.6 Å². The van der Waals surface area contributed by atoms with Crippen LogP contribution in [-0.4, -0.2) is 228 Å². The highest BCUT2D eigenvalue weighted by molar-refractivity contribution is 6.31. The van der Waals surface area contributed by atoms with Gasteiger partial charge >= 0.3 is 6.18 Å². The first kappa shape index (κ1) is 75.7. The molecule has 2 aliphatic heterocycles. The predicted octanol–water partition coefficient (Wildman–Crippen LogP) is 5.62. The van der Waals surface area contributed by atoms with Gasteiger partial charge in [0.1, 0.15) is 41.8 Å². The Hall–Kier alpha value is -7.31. The molecule has 1 spiro atoms. The van der Waals surface area contributed by atoms with Crippen LogP contribution in [0.2, 0.25) is 5.02 Å². The van der Waals surface area contributed by atoms with Gasteiger partial charge < -0.3 is 55.1 Å². The summed E-state index contributed by atoms with van der Waals surface area (Å²) in [5, 5.41) is 8.13. The summed E-state index contributed by atoms with van der Waals surface area (Å²) >= 11 is 6.13. The molecule has 8 atom stereocenters. The summed E-state index contributed by atoms with van der Waals surface area (Å²) in [6, 6.07) is 2.58. The topological polar surface area (TPSA) is 250 Å². The van der Waals surface area contributed by atoms with Crippen LogP contribution in [0.15, 0.2) is 42.5 Å². The fourth-order valence-corrected chi connectivity index (χ4v) is 13.7. The minimum absolute atomic E-state index is 0.0407. The van der Waals surface area contributed by atoms with Crippen molar-refractivity contribution in [3.8, 4) is 0 Å². The fourth-order valence-electron chi connectivity index (χ4n) is 13.4. The highest BCUT2D eigenvalue weighted by Crippen LogP contribution is 2.38. The molecule has 26 heteroatoms. The highest BCUT2D eigenvalue weighted by atomic mass is 35.5. The van der Waals surface area contributed by atoms with Crippen LogP contribution < -0.4 is 16.0 Å². The molecule has 4 aliphatic rings. The van der Waals surface area contributed by atoms with Crippen molar-refractivity contribution < 1.29 is 65.9 Å². The van der Waals surface area contributed by atoms with E-state index in [1.165, 1.54) is 65.8 Å². The van der Waals surface area contributed by atoms with Gasteiger partial charge in [0, 0.05) is 74.8 Å². The van der Waals surface area contributed by atoms with E-state index in [1.807, 2.05) is 39.8 Å². The van der Waals surface area contributed by atoms with Gasteiger partial charge in [-0.2, -0.15) is 13.2 Å². The maximum Gasteiger partial charge on any atom is 0.417 e. The van der Waals surface area contributed by atoms with Crippen molar-refractivity contribution in [2.24, 2.45) is 17.8 Å². The number of carbonyl (C=O) groups is 11. The van der Waals surface area contributed by atoms with Crippen molar-refractivity contribution in [2.75, 3.05) is 75.5 Å². The molecule has 4 fully saturated rings. The monoisotopic (exact) mass is 1340 g/mol. The van der Waals surface area contributed by atoms with Gasteiger partial charge in [-0.25, -0.2) is 0 Å². The molecule has 11 amide bonds. The Bertz CT molecular complexity index is 3090. The number of carbonyl (C=O) groups excluding carboxylic acids is 11. The Morgan fingerprint density at radius 2 is 1.23 bits per heavy atom. The van der Waals surface area contributed by atoms with Crippen molar-refractivity contribution >= 4 is 76.6 Å². The fraction of sp³-hybridized carbons (Fsp3) is 0.662. The smallest absolute Gasteiger partial charge is 0.343 e. The molecule has 2 heterocycles. The largest absolute Gasteiger partial charge is 0.417 e. The second-order valence-electron chi connectivity index (χ2n) is 27.2. The van der Waals surface area contributed by atoms with E-state index >= 15 is 14.4 Å². The van der Waals surface area contributed by atoms with Crippen molar-refractivity contribution in [3.63, 3.8) is 0 Å². The van der Waals surface area contributed by atoms with Crippen LogP contribution in [0.3, 0.4) is 0 Å². The number of halogens is 4. The maximum absolute atomic E-state index is 15.4. The van der Waals surface area contributed by atoms with Crippen LogP contribution in [0.4, 0.5) is 13.2 Å². The average molecular weight is 1340 g/mol. The minimum atomic E-state index is -4.75. The average Bonchev–Trinajstić information content (AvgIpc) is 1.52. The first-order valence-corrected chi connectivity index (χ1v) is 33.4. The summed E-state index contributed by atoms with van der Waals surface area (Å²) < 4.78 is 41.4. The number of benzene rings is 2. The molecule has 22 nitrogen and oxygen atoms in total. The van der Waals surface area contributed by atoms with E-state index in [4.69, 9.17) is 11.6 Å². The zero-order valence-corrected chi connectivity index (χ0v) is 57.8. The SMILES string of the molecule is CC[C@H](C)[C@@H]1NC(=O)[C@H](CC(C)C)N(C)C(=O)C[C@@H](C)N(C)C(=O)[C@H](C2CCCC2)N(C)C(=O)C2(CCCC2)NC(=O)[C@@H]2CCCN2C(=O)[C@H](CCc2ccc(C(F)(F)F)c(Cl)c2)NC(=O)CN(C)C(=O)[C@H](Cc2ccc(C)cc2)N(C)C(=O)CN(C)C(=O)CN(C)C1=O. The quantitative estimate of drug-likeness (QED) is 0.263. The summed E-state index contributed by atoms with van der Waals surface area (Å²) in [5.41, 5.74) is -0.689. The first-order valence-electron chi connectivity index (χ1n) is 33.0. The molecule has 0 bridgehead atoms. The molecule has 2 saturated carbocycles. The molecule has 0 radical (unpaired) electrons. The molecule has 0 aromatic heterocycles. The summed E-state index contributed by atoms with van der Waals surface area (Å²) in [7, 11) is 10.1. The number of amides is 11. The third-order valence-corrected chi connectivity index (χ3v) is 20.0. The second-order valence-corrected chi connectivity index (χ2v) is 27.6. The summed E-state index contributed by atoms with van der Waals surface area (Å²) in [6.07, 6.45) is 0.313. The number of likely N-dealkylation sites (N-methyl/N-ethyl adjacent to an activating group) is 7. The molecule has 520 valence electrons. The Kier molecular flexibility index (Phi) is 26.5. The normalized spacial score (nSPS) is 25.6. The highest BCUT2D eigenvalue weighted by Gasteiger charge is 2.51. The lowest BCUT2D eigenvalue weighted by molar-refractivity contribution is -0.153. The molecular formula is C68H99ClF3N11O11. The number of fused-ring (bicyclic) bond motifs is 1. The van der Waals surface area contributed by atoms with Crippen molar-refractivity contribution in [1.29, 1.82) is 0 Å². The molecule has 0 unspecified atom stereocenters. The zero-order valence-electron chi connectivity index (χ0n) is 57.0. The predicted molar refractivity (Wildman–Crippen MR) is 348 cm³/mol. The molecule has 6 rings (SSSR count). The Morgan fingerprint density at radius 1 is 0.638 bits per heavy atom. The summed E-state index contributed by atoms with van der Waals surface area (Å²) in [6.45, 7) is 9.31. The van der Waals surface area contributed by atoms with E-state index in [9.17, 15) is 51.5 Å². The Balaban J connectivity index is 1.39.